The summed E-state index contributed by atoms with van der Waals surface area (Å²) < 4.78 is 10.9. The fourth-order valence-corrected chi connectivity index (χ4v) is 3.09. The summed E-state index contributed by atoms with van der Waals surface area (Å²) in [7, 11) is 0. The minimum atomic E-state index is -0.239. The van der Waals surface area contributed by atoms with Crippen LogP contribution in [0.5, 0.6) is 5.75 Å². The van der Waals surface area contributed by atoms with E-state index in [1.54, 1.807) is 4.90 Å². The van der Waals surface area contributed by atoms with Gasteiger partial charge in [0, 0.05) is 19.1 Å². The van der Waals surface area contributed by atoms with Gasteiger partial charge in [0.2, 0.25) is 0 Å². The van der Waals surface area contributed by atoms with Gasteiger partial charge in [0.1, 0.15) is 12.4 Å². The number of aliphatic imine (C=N–C) groups is 1. The van der Waals surface area contributed by atoms with Gasteiger partial charge in [-0.15, -0.1) is 0 Å². The maximum atomic E-state index is 11.7. The van der Waals surface area contributed by atoms with Gasteiger partial charge in [-0.1, -0.05) is 32.0 Å². The molecule has 0 aliphatic carbocycles. The van der Waals surface area contributed by atoms with Crippen molar-refractivity contribution in [2.75, 3.05) is 32.8 Å². The summed E-state index contributed by atoms with van der Waals surface area (Å²) in [5, 5.41) is 3.23. The molecule has 1 aromatic carbocycles. The first-order chi connectivity index (χ1) is 13.0. The molecular formula is C20H32N4O3. The molecule has 1 aromatic rings. The van der Waals surface area contributed by atoms with Gasteiger partial charge < -0.3 is 25.4 Å². The molecule has 0 saturated carbocycles. The van der Waals surface area contributed by atoms with E-state index in [4.69, 9.17) is 15.2 Å². The van der Waals surface area contributed by atoms with E-state index in [0.717, 1.165) is 18.6 Å². The summed E-state index contributed by atoms with van der Waals surface area (Å²) in [6.07, 6.45) is 1.41. The van der Waals surface area contributed by atoms with Crippen LogP contribution in [0.15, 0.2) is 29.3 Å². The number of amides is 1. The molecular weight excluding hydrogens is 344 g/mol. The highest BCUT2D eigenvalue weighted by Gasteiger charge is 2.23. The van der Waals surface area contributed by atoms with Crippen LogP contribution in [0.25, 0.3) is 0 Å². The fourth-order valence-electron chi connectivity index (χ4n) is 3.09. The van der Waals surface area contributed by atoms with Gasteiger partial charge in [-0.05, 0) is 37.3 Å². The van der Waals surface area contributed by atoms with E-state index in [9.17, 15) is 4.79 Å². The maximum Gasteiger partial charge on any atom is 0.409 e. The largest absolute Gasteiger partial charge is 0.491 e. The second kappa shape index (κ2) is 10.6. The van der Waals surface area contributed by atoms with Crippen LogP contribution in [0.1, 0.15) is 45.1 Å². The summed E-state index contributed by atoms with van der Waals surface area (Å²) >= 11 is 0. The number of nitrogens with zero attached hydrogens (tertiary/aromatic N) is 2. The third kappa shape index (κ3) is 6.66. The number of hydrogen-bond donors (Lipinski definition) is 2. The average Bonchev–Trinajstić information content (AvgIpc) is 2.66. The Hall–Kier alpha value is -2.44. The molecule has 0 aromatic heterocycles. The van der Waals surface area contributed by atoms with E-state index >= 15 is 0 Å². The number of carbonyl (C=O) groups is 1. The zero-order chi connectivity index (χ0) is 19.6. The van der Waals surface area contributed by atoms with E-state index in [1.165, 1.54) is 5.56 Å². The molecule has 1 heterocycles. The molecule has 0 bridgehead atoms. The number of rotatable bonds is 7. The zero-order valence-electron chi connectivity index (χ0n) is 16.6. The van der Waals surface area contributed by atoms with Crippen molar-refractivity contribution in [2.24, 2.45) is 10.7 Å². The quantitative estimate of drug-likeness (QED) is 0.434. The maximum absolute atomic E-state index is 11.7. The summed E-state index contributed by atoms with van der Waals surface area (Å²) in [4.78, 5) is 17.8. The van der Waals surface area contributed by atoms with Gasteiger partial charge in [0.15, 0.2) is 5.96 Å². The van der Waals surface area contributed by atoms with Crippen LogP contribution in [0.2, 0.25) is 0 Å². The minimum Gasteiger partial charge on any atom is -0.491 e. The van der Waals surface area contributed by atoms with Crippen molar-refractivity contribution in [1.82, 2.24) is 10.2 Å². The van der Waals surface area contributed by atoms with Gasteiger partial charge >= 0.3 is 6.09 Å². The Bertz CT molecular complexity index is 625. The minimum absolute atomic E-state index is 0.224. The fraction of sp³-hybridized carbons (Fsp3) is 0.600. The van der Waals surface area contributed by atoms with Gasteiger partial charge in [0.05, 0.1) is 13.2 Å². The van der Waals surface area contributed by atoms with E-state index in [2.05, 4.69) is 30.2 Å². The van der Waals surface area contributed by atoms with Gasteiger partial charge in [0.25, 0.3) is 0 Å². The molecule has 2 rings (SSSR count). The first-order valence-corrected chi connectivity index (χ1v) is 9.71. The molecule has 0 radical (unpaired) electrons. The molecule has 0 spiro atoms. The molecule has 1 amide bonds. The Morgan fingerprint density at radius 2 is 2.04 bits per heavy atom. The highest BCUT2D eigenvalue weighted by Crippen LogP contribution is 2.25. The number of likely N-dealkylation sites (tertiary alicyclic amines) is 1. The lowest BCUT2D eigenvalue weighted by Crippen LogP contribution is -2.48. The number of piperidine rings is 1. The first-order valence-electron chi connectivity index (χ1n) is 9.71. The van der Waals surface area contributed by atoms with E-state index in [-0.39, 0.29) is 12.1 Å². The lowest BCUT2D eigenvalue weighted by atomic mass is 10.0. The predicted octanol–water partition coefficient (Wildman–Crippen LogP) is 2.71. The van der Waals surface area contributed by atoms with Crippen LogP contribution in [0, 0.1) is 0 Å². The highest BCUT2D eigenvalue weighted by atomic mass is 16.6. The average molecular weight is 377 g/mol. The van der Waals surface area contributed by atoms with Crippen molar-refractivity contribution < 1.29 is 14.3 Å². The number of guanidine groups is 1. The number of para-hydroxylation sites is 1. The van der Waals surface area contributed by atoms with Crippen LogP contribution < -0.4 is 15.8 Å². The van der Waals surface area contributed by atoms with E-state index < -0.39 is 0 Å². The van der Waals surface area contributed by atoms with Gasteiger partial charge in [-0.25, -0.2) is 9.79 Å². The van der Waals surface area contributed by atoms with Crippen LogP contribution in [-0.2, 0) is 4.74 Å². The van der Waals surface area contributed by atoms with E-state index in [1.807, 2.05) is 25.1 Å². The monoisotopic (exact) mass is 376 g/mol. The van der Waals surface area contributed by atoms with E-state index in [0.29, 0.717) is 44.7 Å². The summed E-state index contributed by atoms with van der Waals surface area (Å²) in [6.45, 7) is 8.82. The molecule has 1 saturated heterocycles. The Morgan fingerprint density at radius 3 is 2.70 bits per heavy atom. The molecule has 150 valence electrons. The number of ether oxygens (including phenoxy) is 2. The Labute approximate surface area is 161 Å². The zero-order valence-corrected chi connectivity index (χ0v) is 16.6. The lowest BCUT2D eigenvalue weighted by molar-refractivity contribution is 0.0963. The molecule has 1 fully saturated rings. The molecule has 27 heavy (non-hydrogen) atoms. The molecule has 0 atom stereocenters. The Kier molecular flexibility index (Phi) is 8.23. The first kappa shape index (κ1) is 20.9. The molecule has 1 aliphatic rings. The molecule has 7 heteroatoms. The van der Waals surface area contributed by atoms with Crippen molar-refractivity contribution in [2.45, 2.75) is 45.6 Å². The van der Waals surface area contributed by atoms with Crippen LogP contribution in [-0.4, -0.2) is 55.8 Å². The van der Waals surface area contributed by atoms with Crippen LogP contribution in [0.3, 0.4) is 0 Å². The second-order valence-electron chi connectivity index (χ2n) is 6.91. The third-order valence-electron chi connectivity index (χ3n) is 4.54. The molecule has 1 aliphatic heterocycles. The highest BCUT2D eigenvalue weighted by molar-refractivity contribution is 5.78. The smallest absolute Gasteiger partial charge is 0.409 e. The van der Waals surface area contributed by atoms with Gasteiger partial charge in [-0.3, -0.25) is 0 Å². The predicted molar refractivity (Wildman–Crippen MR) is 107 cm³/mol. The molecule has 3 N–H and O–H groups in total. The van der Waals surface area contributed by atoms with Crippen molar-refractivity contribution in [3.05, 3.63) is 29.8 Å². The summed E-state index contributed by atoms with van der Waals surface area (Å²) in [6, 6.07) is 8.29. The molecule has 0 unspecified atom stereocenters. The molecule has 7 nitrogen and oxygen atoms in total. The van der Waals surface area contributed by atoms with Gasteiger partial charge in [-0.2, -0.15) is 0 Å². The van der Waals surface area contributed by atoms with Crippen molar-refractivity contribution in [3.63, 3.8) is 0 Å². The SMILES string of the molecule is CCOC(=O)N1CCC(NC(N)=NCCOc2ccccc2C(C)C)CC1. The number of benzene rings is 1. The number of carbonyl (C=O) groups excluding carboxylic acids is 1. The second-order valence-corrected chi connectivity index (χ2v) is 6.91. The normalized spacial score (nSPS) is 15.7. The van der Waals surface area contributed by atoms with Crippen molar-refractivity contribution in [1.29, 1.82) is 0 Å². The lowest BCUT2D eigenvalue weighted by Gasteiger charge is -2.31. The summed E-state index contributed by atoms with van der Waals surface area (Å²) in [5.74, 6) is 1.74. The number of hydrogen-bond acceptors (Lipinski definition) is 4. The number of nitrogens with one attached hydrogen (secondary N) is 1. The van der Waals surface area contributed by atoms with Crippen molar-refractivity contribution in [3.8, 4) is 5.75 Å². The Morgan fingerprint density at radius 1 is 1.33 bits per heavy atom. The number of nitrogens with two attached hydrogens (primary N) is 1. The summed E-state index contributed by atoms with van der Waals surface area (Å²) in [5.41, 5.74) is 7.18. The topological polar surface area (TPSA) is 89.2 Å². The van der Waals surface area contributed by atoms with Crippen LogP contribution in [0.4, 0.5) is 4.79 Å². The Balaban J connectivity index is 1.71. The van der Waals surface area contributed by atoms with Crippen molar-refractivity contribution >= 4 is 12.1 Å². The standard InChI is InChI=1S/C20H32N4O3/c1-4-26-20(25)24-12-9-16(10-13-24)23-19(21)22-11-14-27-18-8-6-5-7-17(18)15(2)3/h5-8,15-16H,4,9-14H2,1-3H3,(H3,21,22,23). The third-order valence-corrected chi connectivity index (χ3v) is 4.54. The van der Waals surface area contributed by atoms with Crippen LogP contribution >= 0.6 is 0 Å².